The van der Waals surface area contributed by atoms with E-state index in [0.717, 1.165) is 0 Å². The summed E-state index contributed by atoms with van der Waals surface area (Å²) in [5.41, 5.74) is 11.6. The molecule has 0 radical (unpaired) electrons. The number of nitrogens with two attached hydrogens (primary N) is 2. The lowest BCUT2D eigenvalue weighted by atomic mass is 10.5. The molecule has 7 heteroatoms. The Morgan fingerprint density at radius 2 is 2.17 bits per heavy atom. The van der Waals surface area contributed by atoms with Crippen LogP contribution in [0.4, 0.5) is 11.8 Å². The van der Waals surface area contributed by atoms with E-state index in [9.17, 15) is 0 Å². The second kappa shape index (κ2) is 2.31. The Labute approximate surface area is 75.7 Å². The fourth-order valence-corrected chi connectivity index (χ4v) is 1.25. The number of rotatable bonds is 0. The quantitative estimate of drug-likeness (QED) is 0.665. The minimum Gasteiger partial charge on any atom is -0.383 e. The maximum absolute atomic E-state index is 5.53. The van der Waals surface area contributed by atoms with Gasteiger partial charge in [0.05, 0.1) is 0 Å². The van der Waals surface area contributed by atoms with Gasteiger partial charge in [0, 0.05) is 0 Å². The first-order valence-electron chi connectivity index (χ1n) is 3.10. The van der Waals surface area contributed by atoms with Crippen LogP contribution in [0.2, 0.25) is 0 Å². The van der Waals surface area contributed by atoms with E-state index in [1.807, 2.05) is 0 Å². The van der Waals surface area contributed by atoms with E-state index in [2.05, 4.69) is 31.0 Å². The van der Waals surface area contributed by atoms with Crippen LogP contribution in [0.25, 0.3) is 5.65 Å². The minimum atomic E-state index is 0.225. The summed E-state index contributed by atoms with van der Waals surface area (Å²) in [6.45, 7) is 0. The number of aromatic nitrogens is 4. The van der Waals surface area contributed by atoms with Crippen molar-refractivity contribution >= 4 is 33.3 Å². The predicted molar refractivity (Wildman–Crippen MR) is 47.3 cm³/mol. The molecular weight excluding hydrogens is 224 g/mol. The third-order valence-electron chi connectivity index (χ3n) is 1.42. The molecule has 0 fully saturated rings. The van der Waals surface area contributed by atoms with Gasteiger partial charge in [-0.25, -0.2) is 4.98 Å². The number of hydrogen-bond acceptors (Lipinski definition) is 5. The van der Waals surface area contributed by atoms with Crippen LogP contribution in [0.15, 0.2) is 10.8 Å². The highest BCUT2D eigenvalue weighted by Crippen LogP contribution is 2.22. The van der Waals surface area contributed by atoms with Crippen LogP contribution >= 0.6 is 15.9 Å². The Balaban J connectivity index is 2.97. The lowest BCUT2D eigenvalue weighted by Crippen LogP contribution is -2.05. The van der Waals surface area contributed by atoms with Crippen molar-refractivity contribution in [3.63, 3.8) is 0 Å². The average molecular weight is 229 g/mol. The van der Waals surface area contributed by atoms with Crippen molar-refractivity contribution in [1.82, 2.24) is 19.6 Å². The molecule has 0 amide bonds. The van der Waals surface area contributed by atoms with Crippen LogP contribution in [0.5, 0.6) is 0 Å². The molecule has 0 saturated carbocycles. The maximum Gasteiger partial charge on any atom is 0.225 e. The second-order valence-corrected chi connectivity index (χ2v) is 2.96. The van der Waals surface area contributed by atoms with Crippen molar-refractivity contribution in [2.24, 2.45) is 0 Å². The van der Waals surface area contributed by atoms with Gasteiger partial charge in [-0.15, -0.1) is 0 Å². The molecule has 0 aromatic carbocycles. The topological polar surface area (TPSA) is 95.1 Å². The molecule has 4 N–H and O–H groups in total. The van der Waals surface area contributed by atoms with E-state index < -0.39 is 0 Å². The van der Waals surface area contributed by atoms with Crippen molar-refractivity contribution in [3.05, 3.63) is 10.8 Å². The van der Waals surface area contributed by atoms with Crippen LogP contribution in [0.1, 0.15) is 0 Å². The highest BCUT2D eigenvalue weighted by Gasteiger charge is 2.08. The van der Waals surface area contributed by atoms with Crippen molar-refractivity contribution in [1.29, 1.82) is 0 Å². The summed E-state index contributed by atoms with van der Waals surface area (Å²) >= 11 is 3.23. The van der Waals surface area contributed by atoms with Gasteiger partial charge in [-0.3, -0.25) is 0 Å². The van der Waals surface area contributed by atoms with Crippen LogP contribution in [-0.2, 0) is 0 Å². The van der Waals surface area contributed by atoms with Crippen LogP contribution in [0, 0.1) is 0 Å². The maximum atomic E-state index is 5.53. The number of nitrogen functional groups attached to an aromatic ring is 2. The fourth-order valence-electron chi connectivity index (χ4n) is 0.893. The van der Waals surface area contributed by atoms with E-state index in [1.165, 1.54) is 10.8 Å². The Morgan fingerprint density at radius 3 is 2.92 bits per heavy atom. The Kier molecular flexibility index (Phi) is 1.40. The van der Waals surface area contributed by atoms with Crippen molar-refractivity contribution in [2.75, 3.05) is 11.5 Å². The zero-order valence-corrected chi connectivity index (χ0v) is 7.48. The summed E-state index contributed by atoms with van der Waals surface area (Å²) in [6.07, 6.45) is 1.39. The molecule has 0 atom stereocenters. The first kappa shape index (κ1) is 7.29. The first-order valence-corrected chi connectivity index (χ1v) is 3.89. The molecular formula is C5H5BrN6. The number of halogens is 1. The molecule has 6 nitrogen and oxygen atoms in total. The fraction of sp³-hybridized carbons (Fsp3) is 0. The molecule has 2 aromatic rings. The summed E-state index contributed by atoms with van der Waals surface area (Å²) in [5, 5.41) is 3.85. The summed E-state index contributed by atoms with van der Waals surface area (Å²) in [7, 11) is 0. The highest BCUT2D eigenvalue weighted by molar-refractivity contribution is 9.10. The Morgan fingerprint density at radius 1 is 1.42 bits per heavy atom. The summed E-state index contributed by atoms with van der Waals surface area (Å²) in [6, 6.07) is 0. The van der Waals surface area contributed by atoms with Gasteiger partial charge in [0.25, 0.3) is 0 Å². The van der Waals surface area contributed by atoms with Gasteiger partial charge in [-0.05, 0) is 15.9 Å². The monoisotopic (exact) mass is 228 g/mol. The molecule has 2 rings (SSSR count). The lowest BCUT2D eigenvalue weighted by molar-refractivity contribution is 0.938. The van der Waals surface area contributed by atoms with Crippen molar-refractivity contribution in [2.45, 2.75) is 0 Å². The number of nitrogens with zero attached hydrogens (tertiary/aromatic N) is 4. The van der Waals surface area contributed by atoms with Crippen LogP contribution in [-0.4, -0.2) is 19.6 Å². The normalized spacial score (nSPS) is 10.8. The number of fused-ring (bicyclic) bond motifs is 1. The summed E-state index contributed by atoms with van der Waals surface area (Å²) in [4.78, 5) is 7.79. The largest absolute Gasteiger partial charge is 0.383 e. The smallest absolute Gasteiger partial charge is 0.225 e. The molecule has 0 aliphatic rings. The third kappa shape index (κ3) is 0.828. The lowest BCUT2D eigenvalue weighted by Gasteiger charge is -2.00. The summed E-state index contributed by atoms with van der Waals surface area (Å²) < 4.78 is 2.01. The molecule has 62 valence electrons. The van der Waals surface area contributed by atoms with Gasteiger partial charge in [0.15, 0.2) is 5.65 Å². The van der Waals surface area contributed by atoms with Crippen molar-refractivity contribution in [3.8, 4) is 0 Å². The van der Waals surface area contributed by atoms with E-state index >= 15 is 0 Å². The molecule has 2 aromatic heterocycles. The summed E-state index contributed by atoms with van der Waals surface area (Å²) in [5.74, 6) is 0.538. The first-order chi connectivity index (χ1) is 5.70. The van der Waals surface area contributed by atoms with E-state index in [-0.39, 0.29) is 5.95 Å². The standard InChI is InChI=1S/C5H5BrN6/c6-2-3(7)11-5(8)12-4(2)9-1-10-12/h1H,7H2,(H2,8,11). The highest BCUT2D eigenvalue weighted by atomic mass is 79.9. The molecule has 0 bridgehead atoms. The average Bonchev–Trinajstić information content (AvgIpc) is 2.48. The Bertz CT molecular complexity index is 435. The van der Waals surface area contributed by atoms with Gasteiger partial charge in [-0.2, -0.15) is 14.6 Å². The number of anilines is 2. The molecule has 12 heavy (non-hydrogen) atoms. The van der Waals surface area contributed by atoms with Crippen molar-refractivity contribution < 1.29 is 0 Å². The molecule has 0 aliphatic heterocycles. The SMILES string of the molecule is Nc1nc(N)n2ncnc2c1Br. The predicted octanol–water partition coefficient (Wildman–Crippen LogP) is 0.0512. The van der Waals surface area contributed by atoms with Crippen LogP contribution in [0.3, 0.4) is 0 Å². The van der Waals surface area contributed by atoms with Crippen LogP contribution < -0.4 is 11.5 Å². The minimum absolute atomic E-state index is 0.225. The van der Waals surface area contributed by atoms with E-state index in [0.29, 0.717) is 15.9 Å². The zero-order valence-electron chi connectivity index (χ0n) is 5.90. The molecule has 2 heterocycles. The molecule has 0 saturated heterocycles. The van der Waals surface area contributed by atoms with Gasteiger partial charge >= 0.3 is 0 Å². The van der Waals surface area contributed by atoms with Gasteiger partial charge < -0.3 is 11.5 Å². The number of hydrogen-bond donors (Lipinski definition) is 2. The van der Waals surface area contributed by atoms with Gasteiger partial charge in [0.2, 0.25) is 5.95 Å². The van der Waals surface area contributed by atoms with Gasteiger partial charge in [-0.1, -0.05) is 0 Å². The molecule has 0 unspecified atom stereocenters. The van der Waals surface area contributed by atoms with Gasteiger partial charge in [0.1, 0.15) is 16.6 Å². The van der Waals surface area contributed by atoms with E-state index in [1.54, 1.807) is 0 Å². The van der Waals surface area contributed by atoms with E-state index in [4.69, 9.17) is 11.5 Å². The third-order valence-corrected chi connectivity index (χ3v) is 2.18. The molecule has 0 spiro atoms. The molecule has 0 aliphatic carbocycles. The second-order valence-electron chi connectivity index (χ2n) is 2.16. The Hall–Kier alpha value is -1.37. The zero-order chi connectivity index (χ0) is 8.72.